The molecule has 0 spiro atoms. The summed E-state index contributed by atoms with van der Waals surface area (Å²) in [6, 6.07) is 11.5. The second-order valence-electron chi connectivity index (χ2n) is 8.76. The van der Waals surface area contributed by atoms with Gasteiger partial charge in [-0.05, 0) is 67.8 Å². The Morgan fingerprint density at radius 3 is 2.46 bits per heavy atom. The summed E-state index contributed by atoms with van der Waals surface area (Å²) in [5.41, 5.74) is 8.16. The Morgan fingerprint density at radius 2 is 1.80 bits per heavy atom. The molecule has 0 unspecified atom stereocenters. The van der Waals surface area contributed by atoms with Crippen LogP contribution in [0.15, 0.2) is 42.5 Å². The number of carbonyl (C=O) groups excluding carboxylic acids is 3. The van der Waals surface area contributed by atoms with E-state index in [0.717, 1.165) is 31.5 Å². The Bertz CT molecular complexity index is 1140. The maximum absolute atomic E-state index is 13.2. The van der Waals surface area contributed by atoms with E-state index in [1.165, 1.54) is 4.90 Å². The van der Waals surface area contributed by atoms with E-state index in [0.29, 0.717) is 22.5 Å². The van der Waals surface area contributed by atoms with Crippen LogP contribution in [0.4, 0.5) is 11.4 Å². The van der Waals surface area contributed by atoms with E-state index in [-0.39, 0.29) is 24.9 Å². The molecule has 0 aromatic heterocycles. The normalized spacial score (nSPS) is 18.9. The fourth-order valence-electron chi connectivity index (χ4n) is 4.32. The molecule has 0 aliphatic carbocycles. The second-order valence-corrected chi connectivity index (χ2v) is 8.76. The van der Waals surface area contributed by atoms with Crippen molar-refractivity contribution in [2.45, 2.75) is 32.0 Å². The fraction of sp³-hybridized carbons (Fsp3) is 0.360. The van der Waals surface area contributed by atoms with Crippen LogP contribution in [0.25, 0.3) is 0 Å². The number of hydrogen-bond acceptors (Lipinski definition) is 6. The number of nitrogens with zero attached hydrogens (tertiary/aromatic N) is 2. The minimum atomic E-state index is -1.74. The van der Waals surface area contributed by atoms with Gasteiger partial charge in [-0.25, -0.2) is 0 Å². The number of morpholine rings is 1. The molecule has 4 rings (SSSR count). The maximum Gasteiger partial charge on any atom is 0.259 e. The van der Waals surface area contributed by atoms with Gasteiger partial charge in [-0.15, -0.1) is 0 Å². The number of amidine groups is 1. The molecule has 2 fully saturated rings. The smallest absolute Gasteiger partial charge is 0.259 e. The van der Waals surface area contributed by atoms with Gasteiger partial charge in [0.2, 0.25) is 0 Å². The number of carbonyl (C=O) groups is 3. The first-order valence-corrected chi connectivity index (χ1v) is 11.5. The number of anilines is 2. The third-order valence-electron chi connectivity index (χ3n) is 6.15. The number of nitrogen functional groups attached to an aromatic ring is 1. The summed E-state index contributed by atoms with van der Waals surface area (Å²) in [5, 5.41) is 20.6. The summed E-state index contributed by atoms with van der Waals surface area (Å²) in [4.78, 5) is 42.0. The molecule has 2 saturated heterocycles. The Morgan fingerprint density at radius 1 is 1.11 bits per heavy atom. The van der Waals surface area contributed by atoms with Gasteiger partial charge in [0.05, 0.1) is 6.61 Å². The van der Waals surface area contributed by atoms with Gasteiger partial charge in [-0.3, -0.25) is 19.8 Å². The van der Waals surface area contributed by atoms with Crippen molar-refractivity contribution in [2.24, 2.45) is 5.73 Å². The fourth-order valence-corrected chi connectivity index (χ4v) is 4.32. The number of nitrogens with two attached hydrogens (primary N) is 1. The van der Waals surface area contributed by atoms with Crippen LogP contribution >= 0.6 is 0 Å². The van der Waals surface area contributed by atoms with Gasteiger partial charge >= 0.3 is 0 Å². The molecule has 3 amide bonds. The highest BCUT2D eigenvalue weighted by Gasteiger charge is 2.39. The molecule has 10 nitrogen and oxygen atoms in total. The van der Waals surface area contributed by atoms with E-state index in [1.807, 2.05) is 6.92 Å². The SMILES string of the molecule is Cc1cc(C(=O)N2CCCC2)cc(N2CCO[C@H]([C@@H](O)C(=O)Nc3ccc(C(=N)N)cc3)C2=O)c1. The van der Waals surface area contributed by atoms with Gasteiger partial charge in [-0.2, -0.15) is 0 Å². The molecule has 2 aromatic rings. The molecule has 184 valence electrons. The second kappa shape index (κ2) is 10.2. The quantitative estimate of drug-likeness (QED) is 0.362. The van der Waals surface area contributed by atoms with Crippen molar-refractivity contribution < 1.29 is 24.2 Å². The van der Waals surface area contributed by atoms with Crippen molar-refractivity contribution in [3.05, 3.63) is 59.2 Å². The molecule has 35 heavy (non-hydrogen) atoms. The number of aliphatic hydroxyl groups is 1. The van der Waals surface area contributed by atoms with E-state index in [4.69, 9.17) is 15.9 Å². The molecule has 0 radical (unpaired) electrons. The van der Waals surface area contributed by atoms with Gasteiger partial charge in [0, 0.05) is 42.1 Å². The van der Waals surface area contributed by atoms with Crippen molar-refractivity contribution in [1.82, 2.24) is 4.90 Å². The highest BCUT2D eigenvalue weighted by molar-refractivity contribution is 6.05. The number of hydrogen-bond donors (Lipinski definition) is 4. The van der Waals surface area contributed by atoms with Crippen molar-refractivity contribution in [1.29, 1.82) is 5.41 Å². The van der Waals surface area contributed by atoms with Crippen LogP contribution in [0.5, 0.6) is 0 Å². The van der Waals surface area contributed by atoms with Crippen LogP contribution in [0.3, 0.4) is 0 Å². The number of benzene rings is 2. The van der Waals surface area contributed by atoms with Gasteiger partial charge in [0.15, 0.2) is 12.2 Å². The number of aryl methyl sites for hydroxylation is 1. The predicted octanol–water partition coefficient (Wildman–Crippen LogP) is 1.25. The summed E-state index contributed by atoms with van der Waals surface area (Å²) in [7, 11) is 0. The summed E-state index contributed by atoms with van der Waals surface area (Å²) < 4.78 is 5.48. The number of rotatable bonds is 6. The first kappa shape index (κ1) is 24.4. The zero-order chi connectivity index (χ0) is 25.1. The Hall–Kier alpha value is -3.76. The van der Waals surface area contributed by atoms with Gasteiger partial charge < -0.3 is 30.7 Å². The first-order valence-electron chi connectivity index (χ1n) is 11.5. The van der Waals surface area contributed by atoms with E-state index in [1.54, 1.807) is 47.4 Å². The summed E-state index contributed by atoms with van der Waals surface area (Å²) in [5.74, 6) is -1.53. The maximum atomic E-state index is 13.2. The van der Waals surface area contributed by atoms with Crippen LogP contribution < -0.4 is 16.0 Å². The lowest BCUT2D eigenvalue weighted by Gasteiger charge is -2.34. The molecule has 2 aliphatic rings. The molecule has 2 aromatic carbocycles. The molecule has 0 saturated carbocycles. The van der Waals surface area contributed by atoms with Gasteiger partial charge in [0.25, 0.3) is 17.7 Å². The largest absolute Gasteiger partial charge is 0.384 e. The van der Waals surface area contributed by atoms with Crippen LogP contribution in [-0.4, -0.2) is 72.0 Å². The first-order chi connectivity index (χ1) is 16.7. The van der Waals surface area contributed by atoms with E-state index >= 15 is 0 Å². The highest BCUT2D eigenvalue weighted by Crippen LogP contribution is 2.25. The Balaban J connectivity index is 1.48. The third kappa shape index (κ3) is 5.33. The molecule has 0 bridgehead atoms. The number of likely N-dealkylation sites (tertiary alicyclic amines) is 1. The highest BCUT2D eigenvalue weighted by atomic mass is 16.5. The minimum absolute atomic E-state index is 0.0695. The zero-order valence-electron chi connectivity index (χ0n) is 19.5. The topological polar surface area (TPSA) is 149 Å². The van der Waals surface area contributed by atoms with Crippen molar-refractivity contribution in [2.75, 3.05) is 36.5 Å². The molecular weight excluding hydrogens is 450 g/mol. The summed E-state index contributed by atoms with van der Waals surface area (Å²) >= 11 is 0. The average Bonchev–Trinajstić information content (AvgIpc) is 3.38. The summed E-state index contributed by atoms with van der Waals surface area (Å²) in [6.45, 7) is 3.65. The van der Waals surface area contributed by atoms with Crippen molar-refractivity contribution in [3.63, 3.8) is 0 Å². The molecule has 10 heteroatoms. The van der Waals surface area contributed by atoms with Crippen LogP contribution in [0, 0.1) is 12.3 Å². The number of aliphatic hydroxyl groups excluding tert-OH is 1. The monoisotopic (exact) mass is 479 g/mol. The lowest BCUT2D eigenvalue weighted by Crippen LogP contribution is -2.55. The van der Waals surface area contributed by atoms with Crippen LogP contribution in [-0.2, 0) is 14.3 Å². The predicted molar refractivity (Wildman–Crippen MR) is 131 cm³/mol. The number of nitrogens with one attached hydrogen (secondary N) is 2. The molecule has 2 heterocycles. The van der Waals surface area contributed by atoms with Gasteiger partial charge in [0.1, 0.15) is 5.84 Å². The number of amides is 3. The minimum Gasteiger partial charge on any atom is -0.384 e. The van der Waals surface area contributed by atoms with Crippen LogP contribution in [0.1, 0.15) is 34.3 Å². The molecule has 2 atom stereocenters. The third-order valence-corrected chi connectivity index (χ3v) is 6.15. The lowest BCUT2D eigenvalue weighted by atomic mass is 10.1. The van der Waals surface area contributed by atoms with E-state index in [9.17, 15) is 19.5 Å². The lowest BCUT2D eigenvalue weighted by molar-refractivity contribution is -0.150. The van der Waals surface area contributed by atoms with Gasteiger partial charge in [-0.1, -0.05) is 0 Å². The average molecular weight is 480 g/mol. The Kier molecular flexibility index (Phi) is 7.13. The van der Waals surface area contributed by atoms with E-state index < -0.39 is 24.0 Å². The molecule has 2 aliphatic heterocycles. The zero-order valence-corrected chi connectivity index (χ0v) is 19.5. The Labute approximate surface area is 203 Å². The summed E-state index contributed by atoms with van der Waals surface area (Å²) in [6.07, 6.45) is -1.17. The molecule has 5 N–H and O–H groups in total. The van der Waals surface area contributed by atoms with Crippen molar-refractivity contribution >= 4 is 34.9 Å². The molecular formula is C25H29N5O5. The van der Waals surface area contributed by atoms with Crippen molar-refractivity contribution in [3.8, 4) is 0 Å². The van der Waals surface area contributed by atoms with E-state index in [2.05, 4.69) is 5.32 Å². The van der Waals surface area contributed by atoms with Crippen LogP contribution in [0.2, 0.25) is 0 Å². The standard InChI is InChI=1S/C25H29N5O5/c1-15-12-17(24(33)29-8-2-3-9-29)14-19(13-15)30-10-11-35-21(25(30)34)20(31)23(32)28-18-6-4-16(5-7-18)22(26)27/h4-7,12-14,20-21,31H,2-3,8-11H2,1H3,(H3,26,27)(H,28,32)/t20-,21-/m1/s1. The number of ether oxygens (including phenoxy) is 1.